The van der Waals surface area contributed by atoms with Crippen molar-refractivity contribution in [1.29, 1.82) is 0 Å². The van der Waals surface area contributed by atoms with Crippen LogP contribution in [0.15, 0.2) is 24.2 Å². The first-order chi connectivity index (χ1) is 10.5. The highest BCUT2D eigenvalue weighted by Crippen LogP contribution is 2.31. The van der Waals surface area contributed by atoms with E-state index in [1.807, 2.05) is 13.0 Å². The van der Waals surface area contributed by atoms with E-state index >= 15 is 0 Å². The van der Waals surface area contributed by atoms with Gasteiger partial charge >= 0.3 is 0 Å². The second-order valence-electron chi connectivity index (χ2n) is 4.75. The van der Waals surface area contributed by atoms with Gasteiger partial charge in [0.25, 0.3) is 0 Å². The van der Waals surface area contributed by atoms with Crippen LogP contribution in [0.4, 0.5) is 5.69 Å². The molecule has 0 aliphatic carbocycles. The molecule has 1 aromatic carbocycles. The van der Waals surface area contributed by atoms with Crippen LogP contribution in [0.2, 0.25) is 0 Å². The van der Waals surface area contributed by atoms with Crippen LogP contribution >= 0.6 is 0 Å². The maximum absolute atomic E-state index is 11.6. The van der Waals surface area contributed by atoms with Crippen molar-refractivity contribution in [3.05, 3.63) is 29.7 Å². The van der Waals surface area contributed by atoms with E-state index in [1.165, 1.54) is 6.20 Å². The molecule has 0 bridgehead atoms. The number of rotatable bonds is 8. The van der Waals surface area contributed by atoms with Crippen LogP contribution in [-0.2, 0) is 4.79 Å². The number of carbonyl (C=O) groups is 1. The minimum atomic E-state index is -0.164. The van der Waals surface area contributed by atoms with Gasteiger partial charge in [0.15, 0.2) is 11.5 Å². The van der Waals surface area contributed by atoms with Crippen molar-refractivity contribution < 1.29 is 14.3 Å². The van der Waals surface area contributed by atoms with E-state index in [-0.39, 0.29) is 11.7 Å². The molecule has 0 heterocycles. The zero-order chi connectivity index (χ0) is 16.5. The highest BCUT2D eigenvalue weighted by Gasteiger charge is 2.08. The number of anilines is 1. The second-order valence-corrected chi connectivity index (χ2v) is 4.75. The molecule has 0 unspecified atom stereocenters. The third-order valence-corrected chi connectivity index (χ3v) is 2.94. The van der Waals surface area contributed by atoms with Crippen LogP contribution in [-0.4, -0.2) is 26.7 Å². The van der Waals surface area contributed by atoms with Crippen molar-refractivity contribution in [2.45, 2.75) is 19.8 Å². The van der Waals surface area contributed by atoms with Gasteiger partial charge in [0.05, 0.1) is 13.7 Å². The Labute approximate surface area is 130 Å². The Balaban J connectivity index is 2.43. The first-order valence-corrected chi connectivity index (χ1v) is 6.97. The molecule has 7 heteroatoms. The van der Waals surface area contributed by atoms with E-state index in [0.717, 1.165) is 5.56 Å². The summed E-state index contributed by atoms with van der Waals surface area (Å²) in [6.07, 6.45) is 2.37. The molecule has 0 aromatic heterocycles. The zero-order valence-electron chi connectivity index (χ0n) is 13.2. The van der Waals surface area contributed by atoms with Crippen molar-refractivity contribution in [1.82, 2.24) is 10.6 Å². The summed E-state index contributed by atoms with van der Waals surface area (Å²) >= 11 is 0. The van der Waals surface area contributed by atoms with Crippen LogP contribution in [0.25, 0.3) is 0 Å². The molecule has 0 aliphatic heterocycles. The fourth-order valence-electron chi connectivity index (χ4n) is 1.78. The summed E-state index contributed by atoms with van der Waals surface area (Å²) in [6, 6.07) is 3.54. The normalized spacial score (nSPS) is 11.0. The topological polar surface area (TPSA) is 112 Å². The summed E-state index contributed by atoms with van der Waals surface area (Å²) in [5.74, 6) is 1.31. The Bertz CT molecular complexity index is 544. The molecule has 0 saturated carbocycles. The first-order valence-electron chi connectivity index (χ1n) is 6.97. The van der Waals surface area contributed by atoms with Gasteiger partial charge in [-0.3, -0.25) is 4.79 Å². The lowest BCUT2D eigenvalue weighted by atomic mass is 10.2. The number of nitrogens with one attached hydrogen (secondary N) is 2. The standard InChI is InChI=1S/C15H24N4O3/c1-10-7-12(21-3)13(8-11(10)16)22-6-4-5-15(20)19-14(17)9-18-2/h7-9,18H,4-6,16-17H2,1-3H3,(H,19,20)/b14-9+. The number of ether oxygens (including phenoxy) is 2. The summed E-state index contributed by atoms with van der Waals surface area (Å²) in [7, 11) is 3.27. The minimum absolute atomic E-state index is 0.164. The summed E-state index contributed by atoms with van der Waals surface area (Å²) in [5, 5.41) is 5.29. The molecule has 0 atom stereocenters. The van der Waals surface area contributed by atoms with Gasteiger partial charge in [-0.05, 0) is 25.0 Å². The molecule has 1 rings (SSSR count). The Morgan fingerprint density at radius 2 is 2.09 bits per heavy atom. The predicted octanol–water partition coefficient (Wildman–Crippen LogP) is 0.838. The number of amides is 1. The number of hydrogen-bond donors (Lipinski definition) is 4. The molecular weight excluding hydrogens is 284 g/mol. The van der Waals surface area contributed by atoms with Gasteiger partial charge in [-0.15, -0.1) is 0 Å². The number of benzene rings is 1. The van der Waals surface area contributed by atoms with Gasteiger partial charge in [0.1, 0.15) is 5.82 Å². The lowest BCUT2D eigenvalue weighted by Gasteiger charge is -2.13. The fraction of sp³-hybridized carbons (Fsp3) is 0.400. The van der Waals surface area contributed by atoms with Crippen molar-refractivity contribution >= 4 is 11.6 Å². The molecule has 0 spiro atoms. The Morgan fingerprint density at radius 3 is 2.73 bits per heavy atom. The molecule has 122 valence electrons. The average Bonchev–Trinajstić information content (AvgIpc) is 2.47. The minimum Gasteiger partial charge on any atom is -0.493 e. The number of methoxy groups -OCH3 is 1. The molecule has 0 aliphatic rings. The smallest absolute Gasteiger partial charge is 0.225 e. The average molecular weight is 308 g/mol. The Hall–Kier alpha value is -2.57. The van der Waals surface area contributed by atoms with Crippen LogP contribution < -0.4 is 31.6 Å². The quantitative estimate of drug-likeness (QED) is 0.418. The maximum atomic E-state index is 11.6. The van der Waals surface area contributed by atoms with Gasteiger partial charge in [0, 0.05) is 31.4 Å². The van der Waals surface area contributed by atoms with E-state index < -0.39 is 0 Å². The first kappa shape index (κ1) is 17.5. The predicted molar refractivity (Wildman–Crippen MR) is 86.3 cm³/mol. The Morgan fingerprint density at radius 1 is 1.36 bits per heavy atom. The highest BCUT2D eigenvalue weighted by molar-refractivity contribution is 5.77. The van der Waals surface area contributed by atoms with Crippen molar-refractivity contribution in [2.24, 2.45) is 5.73 Å². The van der Waals surface area contributed by atoms with E-state index in [9.17, 15) is 4.79 Å². The van der Waals surface area contributed by atoms with Crippen molar-refractivity contribution in [2.75, 3.05) is 26.5 Å². The monoisotopic (exact) mass is 308 g/mol. The third-order valence-electron chi connectivity index (χ3n) is 2.94. The molecule has 22 heavy (non-hydrogen) atoms. The largest absolute Gasteiger partial charge is 0.493 e. The van der Waals surface area contributed by atoms with Crippen LogP contribution in [0.3, 0.4) is 0 Å². The molecule has 1 aromatic rings. The molecule has 6 N–H and O–H groups in total. The van der Waals surface area contributed by atoms with Gasteiger partial charge in [0.2, 0.25) is 5.91 Å². The van der Waals surface area contributed by atoms with Crippen LogP contribution in [0, 0.1) is 6.92 Å². The SMILES string of the molecule is CN/C=C(\N)NC(=O)CCCOc1cc(N)c(C)cc1OC. The van der Waals surface area contributed by atoms with Gasteiger partial charge in [-0.1, -0.05) is 0 Å². The molecule has 1 amide bonds. The number of aryl methyl sites for hydroxylation is 1. The lowest BCUT2D eigenvalue weighted by Crippen LogP contribution is -2.28. The molecule has 0 fully saturated rings. The van der Waals surface area contributed by atoms with Gasteiger partial charge in [-0.2, -0.15) is 0 Å². The number of nitrogens with two attached hydrogens (primary N) is 2. The summed E-state index contributed by atoms with van der Waals surface area (Å²) in [4.78, 5) is 11.6. The number of hydrogen-bond acceptors (Lipinski definition) is 6. The van der Waals surface area contributed by atoms with Gasteiger partial charge in [-0.25, -0.2) is 0 Å². The fourth-order valence-corrected chi connectivity index (χ4v) is 1.78. The number of nitrogen functional groups attached to an aromatic ring is 1. The molecular formula is C15H24N4O3. The summed E-state index contributed by atoms with van der Waals surface area (Å²) in [5.41, 5.74) is 13.0. The van der Waals surface area contributed by atoms with Crippen LogP contribution in [0.1, 0.15) is 18.4 Å². The highest BCUT2D eigenvalue weighted by atomic mass is 16.5. The molecule has 0 saturated heterocycles. The van der Waals surface area contributed by atoms with E-state index in [1.54, 1.807) is 20.2 Å². The van der Waals surface area contributed by atoms with Crippen molar-refractivity contribution in [3.63, 3.8) is 0 Å². The maximum Gasteiger partial charge on any atom is 0.225 e. The zero-order valence-corrected chi connectivity index (χ0v) is 13.2. The van der Waals surface area contributed by atoms with E-state index in [2.05, 4.69) is 10.6 Å². The molecule has 0 radical (unpaired) electrons. The molecule has 7 nitrogen and oxygen atoms in total. The summed E-state index contributed by atoms with van der Waals surface area (Å²) in [6.45, 7) is 2.27. The second kappa shape index (κ2) is 8.66. The van der Waals surface area contributed by atoms with Gasteiger partial charge < -0.3 is 31.6 Å². The van der Waals surface area contributed by atoms with E-state index in [0.29, 0.717) is 36.6 Å². The van der Waals surface area contributed by atoms with Crippen molar-refractivity contribution in [3.8, 4) is 11.5 Å². The summed E-state index contributed by atoms with van der Waals surface area (Å²) < 4.78 is 10.9. The lowest BCUT2D eigenvalue weighted by molar-refractivity contribution is -0.120. The Kier molecular flexibility index (Phi) is 6.88. The van der Waals surface area contributed by atoms with Crippen LogP contribution in [0.5, 0.6) is 11.5 Å². The third kappa shape index (κ3) is 5.43. The van der Waals surface area contributed by atoms with E-state index in [4.69, 9.17) is 20.9 Å². The number of carbonyl (C=O) groups excluding carboxylic acids is 1.